The molecule has 6 heteroatoms. The minimum absolute atomic E-state index is 0.0208. The van der Waals surface area contributed by atoms with Crippen LogP contribution in [0, 0.1) is 5.92 Å². The first-order valence-electron chi connectivity index (χ1n) is 6.77. The molecule has 0 radical (unpaired) electrons. The molecular weight excluding hydrogens is 257 g/mol. The quantitative estimate of drug-likeness (QED) is 0.861. The molecule has 1 saturated heterocycles. The van der Waals surface area contributed by atoms with Gasteiger partial charge in [-0.3, -0.25) is 10.1 Å². The first-order chi connectivity index (χ1) is 8.59. The Morgan fingerprint density at radius 3 is 2.26 bits per heavy atom. The number of rotatable bonds is 3. The Morgan fingerprint density at radius 1 is 1.42 bits per heavy atom. The Labute approximate surface area is 111 Å². The zero-order chi connectivity index (χ0) is 14.6. The van der Waals surface area contributed by atoms with E-state index in [9.17, 15) is 18.0 Å². The van der Waals surface area contributed by atoms with Crippen LogP contribution in [-0.2, 0) is 4.79 Å². The number of nitrogens with zero attached hydrogens (tertiary/aromatic N) is 1. The first kappa shape index (κ1) is 14.6. The number of carbonyl (C=O) groups excluding carboxylic acids is 1. The third-order valence-electron chi connectivity index (χ3n) is 4.49. The van der Waals surface area contributed by atoms with Gasteiger partial charge < -0.3 is 4.90 Å². The first-order valence-corrected chi connectivity index (χ1v) is 6.77. The second-order valence-electron chi connectivity index (χ2n) is 6.22. The number of hydrogen-bond donors (Lipinski definition) is 1. The summed E-state index contributed by atoms with van der Waals surface area (Å²) in [7, 11) is 0. The van der Waals surface area contributed by atoms with E-state index < -0.39 is 29.3 Å². The molecular formula is C13H21F3N2O. The Hall–Kier alpha value is -0.780. The summed E-state index contributed by atoms with van der Waals surface area (Å²) in [5.74, 6) is -0.472. The van der Waals surface area contributed by atoms with Crippen LogP contribution in [0.3, 0.4) is 0 Å². The Kier molecular flexibility index (Phi) is 3.16. The highest BCUT2D eigenvalue weighted by Crippen LogP contribution is 2.56. The van der Waals surface area contributed by atoms with Crippen LogP contribution in [0.2, 0.25) is 0 Å². The normalized spacial score (nSPS) is 34.2. The summed E-state index contributed by atoms with van der Waals surface area (Å²) in [5.41, 5.74) is -2.81. The van der Waals surface area contributed by atoms with E-state index in [2.05, 4.69) is 5.32 Å². The van der Waals surface area contributed by atoms with Gasteiger partial charge in [0.15, 0.2) is 0 Å². The van der Waals surface area contributed by atoms with E-state index in [4.69, 9.17) is 0 Å². The van der Waals surface area contributed by atoms with E-state index in [-0.39, 0.29) is 18.8 Å². The molecule has 110 valence electrons. The lowest BCUT2D eigenvalue weighted by Crippen LogP contribution is -2.55. The average molecular weight is 278 g/mol. The fourth-order valence-corrected chi connectivity index (χ4v) is 2.80. The number of carbonyl (C=O) groups is 1. The summed E-state index contributed by atoms with van der Waals surface area (Å²) in [6.45, 7) is 7.19. The number of amides is 1. The second kappa shape index (κ2) is 4.11. The van der Waals surface area contributed by atoms with E-state index in [1.54, 1.807) is 6.92 Å². The fourth-order valence-electron chi connectivity index (χ4n) is 2.80. The van der Waals surface area contributed by atoms with Crippen molar-refractivity contribution in [2.24, 2.45) is 5.92 Å². The smallest absolute Gasteiger partial charge is 0.310 e. The SMILES string of the molecule is CCC1(C)NC(C(C)C)N(C2(C(F)(F)F)CC2)C1=O. The van der Waals surface area contributed by atoms with Gasteiger partial charge in [-0.1, -0.05) is 20.8 Å². The minimum Gasteiger partial charge on any atom is -0.310 e. The maximum Gasteiger partial charge on any atom is 0.411 e. The molecule has 2 atom stereocenters. The molecule has 2 aliphatic rings. The largest absolute Gasteiger partial charge is 0.411 e. The molecule has 1 N–H and O–H groups in total. The highest BCUT2D eigenvalue weighted by atomic mass is 19.4. The fraction of sp³-hybridized carbons (Fsp3) is 0.923. The minimum atomic E-state index is -4.35. The molecule has 0 spiro atoms. The summed E-state index contributed by atoms with van der Waals surface area (Å²) in [6, 6.07) is 0. The van der Waals surface area contributed by atoms with Crippen LogP contribution < -0.4 is 5.32 Å². The zero-order valence-electron chi connectivity index (χ0n) is 11.8. The maximum absolute atomic E-state index is 13.3. The molecule has 2 unspecified atom stereocenters. The molecule has 1 aliphatic heterocycles. The highest BCUT2D eigenvalue weighted by molar-refractivity contribution is 5.89. The molecule has 1 heterocycles. The molecule has 19 heavy (non-hydrogen) atoms. The maximum atomic E-state index is 13.3. The van der Waals surface area contributed by atoms with Crippen molar-refractivity contribution in [3.63, 3.8) is 0 Å². The monoisotopic (exact) mass is 278 g/mol. The Bertz CT molecular complexity index is 390. The Morgan fingerprint density at radius 2 is 1.95 bits per heavy atom. The van der Waals surface area contributed by atoms with Gasteiger partial charge in [0.25, 0.3) is 0 Å². The summed E-state index contributed by atoms with van der Waals surface area (Å²) < 4.78 is 39.9. The van der Waals surface area contributed by atoms with Crippen molar-refractivity contribution >= 4 is 5.91 Å². The molecule has 0 aromatic carbocycles. The number of alkyl halides is 3. The lowest BCUT2D eigenvalue weighted by Gasteiger charge is -2.36. The predicted octanol–water partition coefficient (Wildman–Crippen LogP) is 2.66. The summed E-state index contributed by atoms with van der Waals surface area (Å²) in [6.07, 6.45) is -4.36. The lowest BCUT2D eigenvalue weighted by atomic mass is 9.98. The molecule has 0 aromatic rings. The van der Waals surface area contributed by atoms with Crippen LogP contribution in [0.15, 0.2) is 0 Å². The highest BCUT2D eigenvalue weighted by Gasteiger charge is 2.72. The van der Waals surface area contributed by atoms with E-state index in [0.717, 1.165) is 4.90 Å². The number of halogens is 3. The average Bonchev–Trinajstić information content (AvgIpc) is 3.04. The predicted molar refractivity (Wildman–Crippen MR) is 65.3 cm³/mol. The van der Waals surface area contributed by atoms with Gasteiger partial charge in [-0.05, 0) is 32.1 Å². The third kappa shape index (κ3) is 1.95. The molecule has 2 rings (SSSR count). The van der Waals surface area contributed by atoms with Crippen LogP contribution in [0.4, 0.5) is 13.2 Å². The number of hydrogen-bond acceptors (Lipinski definition) is 2. The van der Waals surface area contributed by atoms with E-state index >= 15 is 0 Å². The van der Waals surface area contributed by atoms with Gasteiger partial charge in [0.1, 0.15) is 5.54 Å². The molecule has 3 nitrogen and oxygen atoms in total. The van der Waals surface area contributed by atoms with Crippen LogP contribution >= 0.6 is 0 Å². The molecule has 2 fully saturated rings. The van der Waals surface area contributed by atoms with Crippen molar-refractivity contribution in [2.75, 3.05) is 0 Å². The number of nitrogens with one attached hydrogen (secondary N) is 1. The van der Waals surface area contributed by atoms with Crippen molar-refractivity contribution in [3.05, 3.63) is 0 Å². The molecule has 0 aromatic heterocycles. The van der Waals surface area contributed by atoms with Gasteiger partial charge in [-0.15, -0.1) is 0 Å². The summed E-state index contributed by atoms with van der Waals surface area (Å²) >= 11 is 0. The topological polar surface area (TPSA) is 32.3 Å². The standard InChI is InChI=1S/C13H21F3N2O/c1-5-11(4)10(19)18(9(17-11)8(2)3)12(6-7-12)13(14,15)16/h8-9,17H,5-7H2,1-4H3. The van der Waals surface area contributed by atoms with E-state index in [1.807, 2.05) is 20.8 Å². The van der Waals surface area contributed by atoms with Gasteiger partial charge in [0.2, 0.25) is 5.91 Å². The van der Waals surface area contributed by atoms with Crippen molar-refractivity contribution in [2.45, 2.75) is 70.4 Å². The van der Waals surface area contributed by atoms with Crippen LogP contribution in [0.25, 0.3) is 0 Å². The summed E-state index contributed by atoms with van der Waals surface area (Å²) in [4.78, 5) is 13.6. The molecule has 1 aliphatic carbocycles. The van der Waals surface area contributed by atoms with Crippen LogP contribution in [-0.4, -0.2) is 34.2 Å². The van der Waals surface area contributed by atoms with Gasteiger partial charge in [0, 0.05) is 0 Å². The van der Waals surface area contributed by atoms with Crippen molar-refractivity contribution < 1.29 is 18.0 Å². The van der Waals surface area contributed by atoms with Gasteiger partial charge in [-0.2, -0.15) is 13.2 Å². The van der Waals surface area contributed by atoms with E-state index in [0.29, 0.717) is 6.42 Å². The molecule has 1 amide bonds. The van der Waals surface area contributed by atoms with Crippen molar-refractivity contribution in [1.82, 2.24) is 10.2 Å². The van der Waals surface area contributed by atoms with Crippen molar-refractivity contribution in [3.8, 4) is 0 Å². The molecule has 0 bridgehead atoms. The van der Waals surface area contributed by atoms with Gasteiger partial charge in [0.05, 0.1) is 11.7 Å². The third-order valence-corrected chi connectivity index (χ3v) is 4.49. The van der Waals surface area contributed by atoms with Crippen LogP contribution in [0.5, 0.6) is 0 Å². The lowest BCUT2D eigenvalue weighted by molar-refractivity contribution is -0.204. The summed E-state index contributed by atoms with van der Waals surface area (Å²) in [5, 5.41) is 3.11. The van der Waals surface area contributed by atoms with Crippen molar-refractivity contribution in [1.29, 1.82) is 0 Å². The van der Waals surface area contributed by atoms with E-state index in [1.165, 1.54) is 0 Å². The Balaban J connectivity index is 2.40. The van der Waals surface area contributed by atoms with Gasteiger partial charge in [-0.25, -0.2) is 0 Å². The van der Waals surface area contributed by atoms with Crippen LogP contribution in [0.1, 0.15) is 47.0 Å². The zero-order valence-corrected chi connectivity index (χ0v) is 11.8. The van der Waals surface area contributed by atoms with Gasteiger partial charge >= 0.3 is 6.18 Å². The second-order valence-corrected chi connectivity index (χ2v) is 6.22. The molecule has 1 saturated carbocycles.